The van der Waals surface area contributed by atoms with E-state index in [-0.39, 0.29) is 6.61 Å². The number of amides is 3. The van der Waals surface area contributed by atoms with E-state index in [0.717, 1.165) is 10.8 Å². The van der Waals surface area contributed by atoms with Crippen molar-refractivity contribution in [2.45, 2.75) is 13.8 Å². The maximum absolute atomic E-state index is 11.7. The summed E-state index contributed by atoms with van der Waals surface area (Å²) in [6.07, 6.45) is 0. The number of hydrogen-bond donors (Lipinski definition) is 2. The lowest BCUT2D eigenvalue weighted by Crippen LogP contribution is -2.42. The van der Waals surface area contributed by atoms with Crippen LogP contribution in [0.15, 0.2) is 42.5 Å². The maximum Gasteiger partial charge on any atom is 0.321 e. The lowest BCUT2D eigenvalue weighted by atomic mass is 10.1. The average Bonchev–Trinajstić information content (AvgIpc) is 2.51. The molecule has 0 saturated carbocycles. The van der Waals surface area contributed by atoms with Crippen LogP contribution in [0.5, 0.6) is 5.75 Å². The molecule has 0 unspecified atom stereocenters. The number of carbonyl (C=O) groups is 2. The van der Waals surface area contributed by atoms with Crippen LogP contribution in [0.25, 0.3) is 10.8 Å². The van der Waals surface area contributed by atoms with Crippen molar-refractivity contribution in [3.05, 3.63) is 42.5 Å². The van der Waals surface area contributed by atoms with Crippen molar-refractivity contribution < 1.29 is 14.3 Å². The number of hydrogen-bond acceptors (Lipinski definition) is 3. The van der Waals surface area contributed by atoms with Gasteiger partial charge in [0.05, 0.1) is 0 Å². The summed E-state index contributed by atoms with van der Waals surface area (Å²) in [5, 5.41) is 6.82. The third-order valence-electron chi connectivity index (χ3n) is 3.03. The Bertz CT molecular complexity index is 663. The standard InChI is InChI=1S/C17H20N2O3/c1-12(2)10-18-17(21)19-16(20)11-22-15-9-5-7-13-6-3-4-8-14(13)15/h3-9,12H,10-11H2,1-2H3,(H2,18,19,20,21). The SMILES string of the molecule is CC(C)CNC(=O)NC(=O)COc1cccc2ccccc12. The van der Waals surface area contributed by atoms with Crippen LogP contribution < -0.4 is 15.4 Å². The summed E-state index contributed by atoms with van der Waals surface area (Å²) in [4.78, 5) is 23.2. The lowest BCUT2D eigenvalue weighted by molar-refractivity contribution is -0.121. The topological polar surface area (TPSA) is 67.4 Å². The second-order valence-electron chi connectivity index (χ2n) is 5.42. The highest BCUT2D eigenvalue weighted by atomic mass is 16.5. The zero-order valence-electron chi connectivity index (χ0n) is 12.8. The average molecular weight is 300 g/mol. The highest BCUT2D eigenvalue weighted by molar-refractivity contribution is 5.95. The van der Waals surface area contributed by atoms with E-state index in [9.17, 15) is 9.59 Å². The largest absolute Gasteiger partial charge is 0.483 e. The summed E-state index contributed by atoms with van der Waals surface area (Å²) in [6.45, 7) is 4.27. The second kappa shape index (κ2) is 7.45. The normalized spacial score (nSPS) is 10.5. The van der Waals surface area contributed by atoms with Crippen molar-refractivity contribution in [1.29, 1.82) is 0 Å². The smallest absolute Gasteiger partial charge is 0.321 e. The van der Waals surface area contributed by atoms with Gasteiger partial charge in [-0.2, -0.15) is 0 Å². The Hall–Kier alpha value is -2.56. The quantitative estimate of drug-likeness (QED) is 0.892. The molecule has 22 heavy (non-hydrogen) atoms. The molecule has 116 valence electrons. The molecular formula is C17H20N2O3. The van der Waals surface area contributed by atoms with Crippen LogP contribution in [0, 0.1) is 5.92 Å². The number of urea groups is 1. The first-order valence-corrected chi connectivity index (χ1v) is 7.24. The van der Waals surface area contributed by atoms with Gasteiger partial charge >= 0.3 is 6.03 Å². The van der Waals surface area contributed by atoms with E-state index in [1.165, 1.54) is 0 Å². The van der Waals surface area contributed by atoms with Crippen molar-refractivity contribution >= 4 is 22.7 Å². The van der Waals surface area contributed by atoms with Crippen molar-refractivity contribution in [3.8, 4) is 5.75 Å². The molecular weight excluding hydrogens is 280 g/mol. The summed E-state index contributed by atoms with van der Waals surface area (Å²) in [7, 11) is 0. The van der Waals surface area contributed by atoms with Crippen molar-refractivity contribution in [1.82, 2.24) is 10.6 Å². The molecule has 3 amide bonds. The monoisotopic (exact) mass is 300 g/mol. The van der Waals surface area contributed by atoms with Crippen LogP contribution >= 0.6 is 0 Å². The predicted octanol–water partition coefficient (Wildman–Crippen LogP) is 2.70. The van der Waals surface area contributed by atoms with Gasteiger partial charge in [0.1, 0.15) is 5.75 Å². The zero-order valence-corrected chi connectivity index (χ0v) is 12.8. The highest BCUT2D eigenvalue weighted by Gasteiger charge is 2.09. The minimum absolute atomic E-state index is 0.205. The molecule has 0 spiro atoms. The van der Waals surface area contributed by atoms with E-state index in [1.807, 2.05) is 50.2 Å². The van der Waals surface area contributed by atoms with Crippen LogP contribution in [0.2, 0.25) is 0 Å². The van der Waals surface area contributed by atoms with E-state index < -0.39 is 11.9 Å². The summed E-state index contributed by atoms with van der Waals surface area (Å²) < 4.78 is 5.52. The third-order valence-corrected chi connectivity index (χ3v) is 3.03. The van der Waals surface area contributed by atoms with E-state index in [2.05, 4.69) is 10.6 Å². The number of rotatable bonds is 5. The number of benzene rings is 2. The van der Waals surface area contributed by atoms with Gasteiger partial charge in [0.15, 0.2) is 6.61 Å². The van der Waals surface area contributed by atoms with Crippen molar-refractivity contribution in [2.24, 2.45) is 5.92 Å². The molecule has 2 rings (SSSR count). The summed E-state index contributed by atoms with van der Waals surface area (Å²) in [6, 6.07) is 12.9. The molecule has 0 atom stereocenters. The fourth-order valence-corrected chi connectivity index (χ4v) is 1.97. The Morgan fingerprint density at radius 2 is 1.82 bits per heavy atom. The highest BCUT2D eigenvalue weighted by Crippen LogP contribution is 2.24. The molecule has 5 heteroatoms. The van der Waals surface area contributed by atoms with Crippen LogP contribution in [-0.2, 0) is 4.79 Å². The fraction of sp³-hybridized carbons (Fsp3) is 0.294. The summed E-state index contributed by atoms with van der Waals surface area (Å²) in [5.41, 5.74) is 0. The summed E-state index contributed by atoms with van der Waals surface area (Å²) in [5.74, 6) is 0.470. The van der Waals surface area contributed by atoms with Gasteiger partial charge in [0, 0.05) is 11.9 Å². The number of imide groups is 1. The molecule has 0 aliphatic heterocycles. The van der Waals surface area contributed by atoms with Crippen LogP contribution in [0.4, 0.5) is 4.79 Å². The van der Waals surface area contributed by atoms with Gasteiger partial charge in [-0.05, 0) is 17.4 Å². The molecule has 0 fully saturated rings. The molecule has 2 aromatic rings. The van der Waals surface area contributed by atoms with Gasteiger partial charge in [0.2, 0.25) is 0 Å². The summed E-state index contributed by atoms with van der Waals surface area (Å²) >= 11 is 0. The minimum atomic E-state index is -0.500. The molecule has 0 radical (unpaired) electrons. The molecule has 5 nitrogen and oxygen atoms in total. The number of carbonyl (C=O) groups excluding carboxylic acids is 2. The van der Waals surface area contributed by atoms with Crippen molar-refractivity contribution in [2.75, 3.05) is 13.2 Å². The van der Waals surface area contributed by atoms with E-state index in [1.54, 1.807) is 6.07 Å². The van der Waals surface area contributed by atoms with Gasteiger partial charge in [-0.3, -0.25) is 10.1 Å². The van der Waals surface area contributed by atoms with E-state index in [0.29, 0.717) is 18.2 Å². The Labute approximate surface area is 129 Å². The number of fused-ring (bicyclic) bond motifs is 1. The Kier molecular flexibility index (Phi) is 5.36. The molecule has 0 saturated heterocycles. The lowest BCUT2D eigenvalue weighted by Gasteiger charge is -2.10. The molecule has 0 aliphatic carbocycles. The molecule has 0 aromatic heterocycles. The van der Waals surface area contributed by atoms with Gasteiger partial charge in [-0.15, -0.1) is 0 Å². The Morgan fingerprint density at radius 1 is 1.09 bits per heavy atom. The van der Waals surface area contributed by atoms with Gasteiger partial charge < -0.3 is 10.1 Å². The van der Waals surface area contributed by atoms with Gasteiger partial charge in [0.25, 0.3) is 5.91 Å². The van der Waals surface area contributed by atoms with Crippen molar-refractivity contribution in [3.63, 3.8) is 0 Å². The fourth-order valence-electron chi connectivity index (χ4n) is 1.97. The molecule has 0 bridgehead atoms. The zero-order chi connectivity index (χ0) is 15.9. The van der Waals surface area contributed by atoms with E-state index >= 15 is 0 Å². The number of ether oxygens (including phenoxy) is 1. The first-order chi connectivity index (χ1) is 10.6. The van der Waals surface area contributed by atoms with E-state index in [4.69, 9.17) is 4.74 Å². The minimum Gasteiger partial charge on any atom is -0.483 e. The van der Waals surface area contributed by atoms with Crippen LogP contribution in [-0.4, -0.2) is 25.1 Å². The Morgan fingerprint density at radius 3 is 2.59 bits per heavy atom. The van der Waals surface area contributed by atoms with Crippen LogP contribution in [0.1, 0.15) is 13.8 Å². The molecule has 2 aromatic carbocycles. The predicted molar refractivity (Wildman–Crippen MR) is 85.8 cm³/mol. The first-order valence-electron chi connectivity index (χ1n) is 7.24. The third kappa shape index (κ3) is 4.48. The number of nitrogens with one attached hydrogen (secondary N) is 2. The first kappa shape index (κ1) is 15.8. The molecule has 2 N–H and O–H groups in total. The van der Waals surface area contributed by atoms with Gasteiger partial charge in [-0.25, -0.2) is 4.79 Å². The van der Waals surface area contributed by atoms with Gasteiger partial charge in [-0.1, -0.05) is 50.2 Å². The maximum atomic E-state index is 11.7. The Balaban J connectivity index is 1.89. The molecule has 0 heterocycles. The van der Waals surface area contributed by atoms with Crippen LogP contribution in [0.3, 0.4) is 0 Å². The second-order valence-corrected chi connectivity index (χ2v) is 5.42. The molecule has 0 aliphatic rings.